The van der Waals surface area contributed by atoms with E-state index in [9.17, 15) is 13.2 Å². The van der Waals surface area contributed by atoms with E-state index in [1.807, 2.05) is 0 Å². The number of methoxy groups -OCH3 is 1. The molecule has 0 aromatic heterocycles. The fourth-order valence-electron chi connectivity index (χ4n) is 2.04. The Morgan fingerprint density at radius 3 is 2.35 bits per heavy atom. The van der Waals surface area contributed by atoms with Crippen LogP contribution in [0.15, 0.2) is 24.3 Å². The van der Waals surface area contributed by atoms with Gasteiger partial charge in [0.25, 0.3) is 0 Å². The molecule has 1 aromatic carbocycles. The number of halogens is 3. The summed E-state index contributed by atoms with van der Waals surface area (Å²) in [5.41, 5.74) is 0.264. The molecule has 1 saturated heterocycles. The molecule has 1 aliphatic rings. The molecule has 0 spiro atoms. The fraction of sp³-hybridized carbons (Fsp3) is 0.500. The first-order valence-electron chi connectivity index (χ1n) is 5.44. The van der Waals surface area contributed by atoms with Gasteiger partial charge in [-0.3, -0.25) is 0 Å². The van der Waals surface area contributed by atoms with Crippen LogP contribution in [0.4, 0.5) is 13.2 Å². The second-order valence-electron chi connectivity index (χ2n) is 4.17. The van der Waals surface area contributed by atoms with Crippen LogP contribution in [0.5, 0.6) is 0 Å². The summed E-state index contributed by atoms with van der Waals surface area (Å²) in [5, 5.41) is 3.23. The molecule has 1 fully saturated rings. The van der Waals surface area contributed by atoms with E-state index < -0.39 is 11.7 Å². The molecule has 0 aliphatic carbocycles. The summed E-state index contributed by atoms with van der Waals surface area (Å²) in [4.78, 5) is 0. The van der Waals surface area contributed by atoms with E-state index in [1.54, 1.807) is 7.11 Å². The second kappa shape index (κ2) is 4.66. The van der Waals surface area contributed by atoms with E-state index >= 15 is 0 Å². The highest BCUT2D eigenvalue weighted by Crippen LogP contribution is 2.31. The minimum Gasteiger partial charge on any atom is -0.380 e. The van der Waals surface area contributed by atoms with Crippen LogP contribution >= 0.6 is 0 Å². The van der Waals surface area contributed by atoms with Crippen molar-refractivity contribution in [1.29, 1.82) is 0 Å². The zero-order chi connectivity index (χ0) is 12.5. The van der Waals surface area contributed by atoms with Crippen molar-refractivity contribution in [2.75, 3.05) is 13.7 Å². The van der Waals surface area contributed by atoms with Crippen LogP contribution in [0.3, 0.4) is 0 Å². The van der Waals surface area contributed by atoms with Crippen LogP contribution in [-0.4, -0.2) is 19.8 Å². The first-order chi connectivity index (χ1) is 8.00. The van der Waals surface area contributed by atoms with Crippen molar-refractivity contribution in [2.24, 2.45) is 0 Å². The SMILES string of the molecule is COC1CNC(c2ccc(C(F)(F)F)cc2)C1. The Labute approximate surface area is 97.8 Å². The zero-order valence-corrected chi connectivity index (χ0v) is 9.42. The predicted molar refractivity (Wildman–Crippen MR) is 57.6 cm³/mol. The van der Waals surface area contributed by atoms with E-state index in [4.69, 9.17) is 4.74 Å². The molecular formula is C12H14F3NO. The molecule has 2 atom stereocenters. The van der Waals surface area contributed by atoms with Crippen LogP contribution in [-0.2, 0) is 10.9 Å². The van der Waals surface area contributed by atoms with E-state index in [0.29, 0.717) is 0 Å². The highest BCUT2D eigenvalue weighted by atomic mass is 19.4. The third-order valence-electron chi connectivity index (χ3n) is 3.06. The van der Waals surface area contributed by atoms with Gasteiger partial charge in [-0.25, -0.2) is 0 Å². The molecule has 0 radical (unpaired) electrons. The van der Waals surface area contributed by atoms with Crippen molar-refractivity contribution in [3.8, 4) is 0 Å². The zero-order valence-electron chi connectivity index (χ0n) is 9.42. The fourth-order valence-corrected chi connectivity index (χ4v) is 2.04. The second-order valence-corrected chi connectivity index (χ2v) is 4.17. The number of benzene rings is 1. The lowest BCUT2D eigenvalue weighted by Crippen LogP contribution is -2.16. The first kappa shape index (κ1) is 12.4. The Morgan fingerprint density at radius 1 is 1.24 bits per heavy atom. The lowest BCUT2D eigenvalue weighted by molar-refractivity contribution is -0.137. The molecule has 2 unspecified atom stereocenters. The van der Waals surface area contributed by atoms with Gasteiger partial charge in [0, 0.05) is 19.7 Å². The van der Waals surface area contributed by atoms with Gasteiger partial charge in [0.15, 0.2) is 0 Å². The van der Waals surface area contributed by atoms with Crippen molar-refractivity contribution < 1.29 is 17.9 Å². The van der Waals surface area contributed by atoms with Crippen molar-refractivity contribution >= 4 is 0 Å². The van der Waals surface area contributed by atoms with Crippen molar-refractivity contribution in [2.45, 2.75) is 24.7 Å². The van der Waals surface area contributed by atoms with Gasteiger partial charge in [-0.2, -0.15) is 13.2 Å². The molecule has 5 heteroatoms. The van der Waals surface area contributed by atoms with E-state index in [0.717, 1.165) is 30.7 Å². The largest absolute Gasteiger partial charge is 0.416 e. The van der Waals surface area contributed by atoms with Crippen LogP contribution < -0.4 is 5.32 Å². The predicted octanol–water partition coefficient (Wildman–Crippen LogP) is 2.75. The Hall–Kier alpha value is -1.07. The Morgan fingerprint density at radius 2 is 1.88 bits per heavy atom. The van der Waals surface area contributed by atoms with Gasteiger partial charge in [-0.05, 0) is 24.1 Å². The smallest absolute Gasteiger partial charge is 0.380 e. The van der Waals surface area contributed by atoms with E-state index in [2.05, 4.69) is 5.32 Å². The van der Waals surface area contributed by atoms with Crippen LogP contribution in [0.25, 0.3) is 0 Å². The summed E-state index contributed by atoms with van der Waals surface area (Å²) >= 11 is 0. The third-order valence-corrected chi connectivity index (χ3v) is 3.06. The molecule has 94 valence electrons. The van der Waals surface area contributed by atoms with Gasteiger partial charge in [0.1, 0.15) is 0 Å². The quantitative estimate of drug-likeness (QED) is 0.865. The maximum atomic E-state index is 12.4. The Bertz CT molecular complexity index is 374. The van der Waals surface area contributed by atoms with Crippen molar-refractivity contribution in [1.82, 2.24) is 5.32 Å². The number of rotatable bonds is 2. The summed E-state index contributed by atoms with van der Waals surface area (Å²) in [6, 6.07) is 5.38. The van der Waals surface area contributed by atoms with Gasteiger partial charge in [-0.15, -0.1) is 0 Å². The van der Waals surface area contributed by atoms with Crippen molar-refractivity contribution in [3.05, 3.63) is 35.4 Å². The highest BCUT2D eigenvalue weighted by Gasteiger charge is 2.31. The molecule has 1 N–H and O–H groups in total. The normalized spacial score (nSPS) is 25.2. The van der Waals surface area contributed by atoms with Crippen LogP contribution in [0.2, 0.25) is 0 Å². The summed E-state index contributed by atoms with van der Waals surface area (Å²) in [6.45, 7) is 0.738. The number of nitrogens with one attached hydrogen (secondary N) is 1. The Balaban J connectivity index is 2.09. The maximum absolute atomic E-state index is 12.4. The molecule has 2 nitrogen and oxygen atoms in total. The number of hydrogen-bond acceptors (Lipinski definition) is 2. The minimum absolute atomic E-state index is 0.0854. The number of ether oxygens (including phenoxy) is 1. The van der Waals surface area contributed by atoms with Crippen LogP contribution in [0, 0.1) is 0 Å². The van der Waals surface area contributed by atoms with Gasteiger partial charge >= 0.3 is 6.18 Å². The summed E-state index contributed by atoms with van der Waals surface area (Å²) in [5.74, 6) is 0. The lowest BCUT2D eigenvalue weighted by atomic mass is 10.0. The molecular weight excluding hydrogens is 231 g/mol. The summed E-state index contributed by atoms with van der Waals surface area (Å²) in [6.07, 6.45) is -3.33. The van der Waals surface area contributed by atoms with Crippen molar-refractivity contribution in [3.63, 3.8) is 0 Å². The van der Waals surface area contributed by atoms with Gasteiger partial charge < -0.3 is 10.1 Å². The maximum Gasteiger partial charge on any atom is 0.416 e. The molecule has 17 heavy (non-hydrogen) atoms. The summed E-state index contributed by atoms with van der Waals surface area (Å²) in [7, 11) is 1.64. The monoisotopic (exact) mass is 245 g/mol. The molecule has 1 aromatic rings. The van der Waals surface area contributed by atoms with Gasteiger partial charge in [0.2, 0.25) is 0 Å². The van der Waals surface area contributed by atoms with Crippen LogP contribution in [0.1, 0.15) is 23.6 Å². The summed E-state index contributed by atoms with van der Waals surface area (Å²) < 4.78 is 42.3. The third kappa shape index (κ3) is 2.79. The molecule has 1 heterocycles. The van der Waals surface area contributed by atoms with Gasteiger partial charge in [0.05, 0.1) is 11.7 Å². The lowest BCUT2D eigenvalue weighted by Gasteiger charge is -2.12. The molecule has 2 rings (SSSR count). The number of alkyl halides is 3. The standard InChI is InChI=1S/C12H14F3NO/c1-17-10-6-11(16-7-10)8-2-4-9(5-3-8)12(13,14)15/h2-5,10-11,16H,6-7H2,1H3. The molecule has 1 aliphatic heterocycles. The number of hydrogen-bond donors (Lipinski definition) is 1. The Kier molecular flexibility index (Phi) is 3.40. The molecule has 0 saturated carbocycles. The van der Waals surface area contributed by atoms with Gasteiger partial charge in [-0.1, -0.05) is 12.1 Å². The van der Waals surface area contributed by atoms with E-state index in [-0.39, 0.29) is 12.1 Å². The molecule has 0 amide bonds. The average Bonchev–Trinajstić information content (AvgIpc) is 2.76. The highest BCUT2D eigenvalue weighted by molar-refractivity contribution is 5.27. The first-order valence-corrected chi connectivity index (χ1v) is 5.44. The molecule has 0 bridgehead atoms. The van der Waals surface area contributed by atoms with E-state index in [1.165, 1.54) is 12.1 Å². The average molecular weight is 245 g/mol. The topological polar surface area (TPSA) is 21.3 Å². The minimum atomic E-state index is -4.27.